The van der Waals surface area contributed by atoms with Gasteiger partial charge in [-0.2, -0.15) is 4.98 Å². The number of aromatic nitrogens is 4. The SMILES string of the molecule is NC(=O)[C@H]1CC[C@H](n2c(Nc3c(F)cc(F)cc3F)nc3cnc(N[C@@H]4CCCC[C@H](O)C4)nc32)CC1. The van der Waals surface area contributed by atoms with E-state index in [4.69, 9.17) is 10.7 Å². The number of nitrogens with one attached hydrogen (secondary N) is 2. The molecule has 2 atom stereocenters. The number of nitrogens with two attached hydrogens (primary N) is 1. The van der Waals surface area contributed by atoms with E-state index in [9.17, 15) is 23.1 Å². The van der Waals surface area contributed by atoms with Gasteiger partial charge in [-0.15, -0.1) is 0 Å². The van der Waals surface area contributed by atoms with Crippen molar-refractivity contribution in [2.75, 3.05) is 10.6 Å². The summed E-state index contributed by atoms with van der Waals surface area (Å²) in [7, 11) is 0. The van der Waals surface area contributed by atoms with Gasteiger partial charge in [0.05, 0.1) is 12.3 Å². The van der Waals surface area contributed by atoms with E-state index in [1.54, 1.807) is 4.57 Å². The lowest BCUT2D eigenvalue weighted by molar-refractivity contribution is -0.122. The number of nitrogens with zero attached hydrogens (tertiary/aromatic N) is 4. The second-order valence-corrected chi connectivity index (χ2v) is 10.0. The second-order valence-electron chi connectivity index (χ2n) is 10.0. The first-order valence-electron chi connectivity index (χ1n) is 12.7. The van der Waals surface area contributed by atoms with Crippen LogP contribution in [0, 0.1) is 23.4 Å². The molecule has 0 unspecified atom stereocenters. The number of hydrogen-bond acceptors (Lipinski definition) is 7. The van der Waals surface area contributed by atoms with Gasteiger partial charge in [0, 0.05) is 30.1 Å². The standard InChI is InChI=1S/C25H30F3N7O2/c26-14-9-18(27)21(19(28)10-14)33-25-32-20-12-30-24(31-15-3-1-2-4-17(36)11-15)34-23(20)35(25)16-7-5-13(6-8-16)22(29)37/h9-10,12-13,15-17,36H,1-8,11H2,(H2,29,37)(H,32,33)(H,30,31,34)/t13-,15-,16-,17+/m1/s1. The number of halogens is 3. The molecule has 2 aromatic heterocycles. The van der Waals surface area contributed by atoms with Crippen molar-refractivity contribution in [2.45, 2.75) is 76.0 Å². The summed E-state index contributed by atoms with van der Waals surface area (Å²) >= 11 is 0. The predicted octanol–water partition coefficient (Wildman–Crippen LogP) is 4.31. The minimum absolute atomic E-state index is 0.0114. The Morgan fingerprint density at radius 1 is 1.03 bits per heavy atom. The molecule has 2 heterocycles. The topological polar surface area (TPSA) is 131 Å². The van der Waals surface area contributed by atoms with Crippen LogP contribution in [0.3, 0.4) is 0 Å². The predicted molar refractivity (Wildman–Crippen MR) is 132 cm³/mol. The van der Waals surface area contributed by atoms with Gasteiger partial charge in [-0.05, 0) is 44.9 Å². The zero-order valence-electron chi connectivity index (χ0n) is 20.3. The fourth-order valence-electron chi connectivity index (χ4n) is 5.43. The summed E-state index contributed by atoms with van der Waals surface area (Å²) < 4.78 is 44.2. The average Bonchev–Trinajstić information content (AvgIpc) is 3.07. The molecule has 12 heteroatoms. The minimum atomic E-state index is -1.09. The largest absolute Gasteiger partial charge is 0.393 e. The van der Waals surface area contributed by atoms with E-state index in [0.717, 1.165) is 25.7 Å². The van der Waals surface area contributed by atoms with Gasteiger partial charge in [-0.3, -0.25) is 9.36 Å². The maximum atomic E-state index is 14.5. The first-order chi connectivity index (χ1) is 17.8. The van der Waals surface area contributed by atoms with E-state index in [2.05, 4.69) is 20.6 Å². The van der Waals surface area contributed by atoms with Crippen LogP contribution in [-0.2, 0) is 4.79 Å². The zero-order chi connectivity index (χ0) is 26.1. The van der Waals surface area contributed by atoms with Gasteiger partial charge >= 0.3 is 0 Å². The minimum Gasteiger partial charge on any atom is -0.393 e. The van der Waals surface area contributed by atoms with Crippen molar-refractivity contribution in [2.24, 2.45) is 11.7 Å². The maximum Gasteiger partial charge on any atom is 0.224 e. The molecule has 1 amide bonds. The van der Waals surface area contributed by atoms with E-state index in [0.29, 0.717) is 61.3 Å². The van der Waals surface area contributed by atoms with Crippen molar-refractivity contribution in [1.29, 1.82) is 0 Å². The van der Waals surface area contributed by atoms with Crippen molar-refractivity contribution in [3.63, 3.8) is 0 Å². The Hall–Kier alpha value is -3.41. The molecular weight excluding hydrogens is 487 g/mol. The third kappa shape index (κ3) is 5.48. The fraction of sp³-hybridized carbons (Fsp3) is 0.520. The Labute approximate surface area is 211 Å². The van der Waals surface area contributed by atoms with Crippen LogP contribution < -0.4 is 16.4 Å². The van der Waals surface area contributed by atoms with Gasteiger partial charge in [0.25, 0.3) is 0 Å². The molecule has 198 valence electrons. The van der Waals surface area contributed by atoms with Gasteiger partial charge in [-0.1, -0.05) is 12.8 Å². The van der Waals surface area contributed by atoms with Gasteiger partial charge in [-0.25, -0.2) is 23.1 Å². The Morgan fingerprint density at radius 2 is 1.73 bits per heavy atom. The number of carbonyl (C=O) groups is 1. The van der Waals surface area contributed by atoms with Crippen molar-refractivity contribution < 1.29 is 23.1 Å². The number of hydrogen-bond donors (Lipinski definition) is 4. The molecule has 2 saturated carbocycles. The Bertz CT molecular complexity index is 1270. The Morgan fingerprint density at radius 3 is 2.43 bits per heavy atom. The molecule has 2 fully saturated rings. The molecule has 5 rings (SSSR count). The van der Waals surface area contributed by atoms with Crippen molar-refractivity contribution in [1.82, 2.24) is 19.5 Å². The normalized spacial score (nSPS) is 24.5. The van der Waals surface area contributed by atoms with E-state index in [1.165, 1.54) is 6.20 Å². The molecule has 0 spiro atoms. The summed E-state index contributed by atoms with van der Waals surface area (Å²) in [6, 6.07) is 1.04. The van der Waals surface area contributed by atoms with Crippen LogP contribution >= 0.6 is 0 Å². The maximum absolute atomic E-state index is 14.5. The Kier molecular flexibility index (Phi) is 7.18. The molecule has 2 aliphatic carbocycles. The van der Waals surface area contributed by atoms with Crippen molar-refractivity contribution in [3.8, 4) is 0 Å². The van der Waals surface area contributed by atoms with Crippen LogP contribution in [0.4, 0.5) is 30.8 Å². The quantitative estimate of drug-likeness (QED) is 0.359. The first kappa shape index (κ1) is 25.2. The van der Waals surface area contributed by atoms with E-state index < -0.39 is 23.1 Å². The van der Waals surface area contributed by atoms with Crippen LogP contribution in [0.15, 0.2) is 18.3 Å². The molecule has 0 bridgehead atoms. The number of anilines is 3. The molecule has 0 aliphatic heterocycles. The van der Waals surface area contributed by atoms with Gasteiger partial charge in [0.1, 0.15) is 17.0 Å². The number of benzene rings is 1. The van der Waals surface area contributed by atoms with Crippen molar-refractivity contribution >= 4 is 34.7 Å². The number of rotatable bonds is 6. The van der Waals surface area contributed by atoms with Crippen LogP contribution in [0.2, 0.25) is 0 Å². The molecule has 9 nitrogen and oxygen atoms in total. The highest BCUT2D eigenvalue weighted by atomic mass is 19.1. The average molecular weight is 518 g/mol. The number of amides is 1. The lowest BCUT2D eigenvalue weighted by Crippen LogP contribution is -2.29. The Balaban J connectivity index is 1.51. The fourth-order valence-corrected chi connectivity index (χ4v) is 5.43. The number of aliphatic hydroxyl groups excluding tert-OH is 1. The lowest BCUT2D eigenvalue weighted by Gasteiger charge is -2.29. The highest BCUT2D eigenvalue weighted by Gasteiger charge is 2.30. The summed E-state index contributed by atoms with van der Waals surface area (Å²) in [6.07, 6.45) is 7.64. The van der Waals surface area contributed by atoms with Gasteiger partial charge in [0.15, 0.2) is 17.3 Å². The monoisotopic (exact) mass is 517 g/mol. The first-order valence-corrected chi connectivity index (χ1v) is 12.7. The van der Waals surface area contributed by atoms with Gasteiger partial charge < -0.3 is 21.5 Å². The number of fused-ring (bicyclic) bond motifs is 1. The van der Waals surface area contributed by atoms with Gasteiger partial charge in [0.2, 0.25) is 17.8 Å². The zero-order valence-corrected chi connectivity index (χ0v) is 20.3. The van der Waals surface area contributed by atoms with Crippen molar-refractivity contribution in [3.05, 3.63) is 35.8 Å². The summed E-state index contributed by atoms with van der Waals surface area (Å²) in [5.41, 5.74) is 5.84. The van der Waals surface area contributed by atoms with E-state index in [1.807, 2.05) is 0 Å². The lowest BCUT2D eigenvalue weighted by atomic mass is 9.85. The van der Waals surface area contributed by atoms with E-state index >= 15 is 0 Å². The smallest absolute Gasteiger partial charge is 0.224 e. The highest BCUT2D eigenvalue weighted by molar-refractivity contribution is 5.78. The van der Waals surface area contributed by atoms with Crippen LogP contribution in [0.1, 0.15) is 63.8 Å². The van der Waals surface area contributed by atoms with Crippen LogP contribution in [0.25, 0.3) is 11.2 Å². The third-order valence-electron chi connectivity index (χ3n) is 7.37. The molecule has 0 saturated heterocycles. The number of imidazole rings is 1. The molecule has 2 aliphatic rings. The summed E-state index contributed by atoms with van der Waals surface area (Å²) in [5, 5.41) is 16.2. The highest BCUT2D eigenvalue weighted by Crippen LogP contribution is 2.37. The molecule has 5 N–H and O–H groups in total. The summed E-state index contributed by atoms with van der Waals surface area (Å²) in [6.45, 7) is 0. The summed E-state index contributed by atoms with van der Waals surface area (Å²) in [5.74, 6) is -3.28. The molecule has 1 aromatic carbocycles. The van der Waals surface area contributed by atoms with Crippen LogP contribution in [-0.4, -0.2) is 42.7 Å². The number of carbonyl (C=O) groups excluding carboxylic acids is 1. The number of aliphatic hydroxyl groups is 1. The molecular formula is C25H30F3N7O2. The summed E-state index contributed by atoms with van der Waals surface area (Å²) in [4.78, 5) is 25.3. The molecule has 37 heavy (non-hydrogen) atoms. The van der Waals surface area contributed by atoms with Crippen LogP contribution in [0.5, 0.6) is 0 Å². The molecule has 0 radical (unpaired) electrons. The second kappa shape index (κ2) is 10.5. The molecule has 3 aromatic rings. The third-order valence-corrected chi connectivity index (χ3v) is 7.37. The van der Waals surface area contributed by atoms with E-state index in [-0.39, 0.29) is 36.0 Å². The number of primary amides is 1.